The molecule has 0 spiro atoms. The van der Waals surface area contributed by atoms with Crippen LogP contribution in [0.3, 0.4) is 0 Å². The molecule has 0 amide bonds. The fourth-order valence-electron chi connectivity index (χ4n) is 2.90. The molecule has 0 unspecified atom stereocenters. The minimum Gasteiger partial charge on any atom is -0.619 e. The van der Waals surface area contributed by atoms with Crippen LogP contribution in [0.1, 0.15) is 45.4 Å². The Balaban J connectivity index is 1.46. The zero-order valence-corrected chi connectivity index (χ0v) is 17.1. The molecule has 0 bridgehead atoms. The number of nitrogens with zero attached hydrogens (tertiary/aromatic N) is 2. The molecule has 0 radical (unpaired) electrons. The summed E-state index contributed by atoms with van der Waals surface area (Å²) in [5, 5.41) is 17.4. The average molecular weight is 398 g/mol. The Hall–Kier alpha value is -2.60. The van der Waals surface area contributed by atoms with Crippen LogP contribution in [-0.4, -0.2) is 11.6 Å². The van der Waals surface area contributed by atoms with Crippen LogP contribution >= 0.6 is 11.3 Å². The molecule has 1 aromatic carbocycles. The molecule has 0 aliphatic rings. The van der Waals surface area contributed by atoms with Crippen LogP contribution in [0, 0.1) is 5.21 Å². The molecule has 0 aliphatic heterocycles. The second-order valence-electron chi connectivity index (χ2n) is 6.76. The Morgan fingerprint density at radius 3 is 2.64 bits per heavy atom. The van der Waals surface area contributed by atoms with Crippen molar-refractivity contribution in [1.29, 1.82) is 0 Å². The number of anilines is 2. The first kappa shape index (κ1) is 20.1. The number of unbranched alkanes of at least 4 members (excludes halogenated alkanes) is 5. The van der Waals surface area contributed by atoms with Gasteiger partial charge in [0.05, 0.1) is 17.9 Å². The van der Waals surface area contributed by atoms with Crippen molar-refractivity contribution in [2.24, 2.45) is 0 Å². The molecule has 0 saturated carbocycles. The van der Waals surface area contributed by atoms with Gasteiger partial charge in [0.25, 0.3) is 0 Å². The quantitative estimate of drug-likeness (QED) is 0.248. The van der Waals surface area contributed by atoms with Crippen molar-refractivity contribution in [3.8, 4) is 17.0 Å². The topological polar surface area (TPSA) is 61.1 Å². The van der Waals surface area contributed by atoms with E-state index in [1.165, 1.54) is 55.8 Å². The van der Waals surface area contributed by atoms with Gasteiger partial charge >= 0.3 is 0 Å². The summed E-state index contributed by atoms with van der Waals surface area (Å²) in [6.45, 7) is 3.01. The number of thiazole rings is 1. The maximum Gasteiger partial charge on any atom is 0.189 e. The fourth-order valence-corrected chi connectivity index (χ4v) is 3.64. The molecule has 3 aromatic rings. The standard InChI is InChI=1S/C22H27N3O2S/c1-2-3-4-5-6-7-15-27-20-12-10-19(11-13-20)23-22-24-21(17-28-22)18-9-8-14-25(26)16-18/h8-14,16-17H,2-7,15H2,1H3,(H,23,24). The van der Waals surface area contributed by atoms with Crippen LogP contribution in [0.15, 0.2) is 54.2 Å². The molecule has 148 valence electrons. The summed E-state index contributed by atoms with van der Waals surface area (Å²) in [5.41, 5.74) is 2.55. The van der Waals surface area contributed by atoms with Crippen LogP contribution in [-0.2, 0) is 0 Å². The number of aromatic nitrogens is 2. The van der Waals surface area contributed by atoms with Gasteiger partial charge in [-0.05, 0) is 36.8 Å². The van der Waals surface area contributed by atoms with Gasteiger partial charge < -0.3 is 15.3 Å². The molecule has 2 aromatic heterocycles. The third-order valence-electron chi connectivity index (χ3n) is 4.45. The highest BCUT2D eigenvalue weighted by molar-refractivity contribution is 7.14. The van der Waals surface area contributed by atoms with Crippen molar-refractivity contribution in [3.63, 3.8) is 0 Å². The Kier molecular flexibility index (Phi) is 7.67. The Bertz CT molecular complexity index is 849. The zero-order valence-electron chi connectivity index (χ0n) is 16.3. The van der Waals surface area contributed by atoms with E-state index in [9.17, 15) is 5.21 Å². The summed E-state index contributed by atoms with van der Waals surface area (Å²) in [4.78, 5) is 4.55. The van der Waals surface area contributed by atoms with Crippen molar-refractivity contribution in [3.05, 3.63) is 59.4 Å². The summed E-state index contributed by atoms with van der Waals surface area (Å²) in [7, 11) is 0. The lowest BCUT2D eigenvalue weighted by atomic mass is 10.1. The van der Waals surface area contributed by atoms with E-state index in [1.54, 1.807) is 6.07 Å². The smallest absolute Gasteiger partial charge is 0.189 e. The molecule has 0 atom stereocenters. The summed E-state index contributed by atoms with van der Waals surface area (Å²) < 4.78 is 6.60. The Morgan fingerprint density at radius 2 is 1.86 bits per heavy atom. The summed E-state index contributed by atoms with van der Waals surface area (Å²) >= 11 is 1.51. The van der Waals surface area contributed by atoms with Crippen LogP contribution in [0.2, 0.25) is 0 Å². The van der Waals surface area contributed by atoms with Gasteiger partial charge in [0, 0.05) is 17.1 Å². The first-order valence-electron chi connectivity index (χ1n) is 9.89. The molecule has 5 nitrogen and oxygen atoms in total. The highest BCUT2D eigenvalue weighted by Crippen LogP contribution is 2.27. The van der Waals surface area contributed by atoms with Crippen molar-refractivity contribution < 1.29 is 9.47 Å². The van der Waals surface area contributed by atoms with Crippen LogP contribution in [0.25, 0.3) is 11.3 Å². The summed E-state index contributed by atoms with van der Waals surface area (Å²) in [6.07, 6.45) is 10.6. The van der Waals surface area contributed by atoms with Gasteiger partial charge in [-0.2, -0.15) is 4.73 Å². The number of hydrogen-bond acceptors (Lipinski definition) is 5. The van der Waals surface area contributed by atoms with E-state index in [0.29, 0.717) is 0 Å². The average Bonchev–Trinajstić information content (AvgIpc) is 3.17. The van der Waals surface area contributed by atoms with Gasteiger partial charge in [-0.3, -0.25) is 0 Å². The third kappa shape index (κ3) is 6.23. The molecule has 6 heteroatoms. The van der Waals surface area contributed by atoms with E-state index >= 15 is 0 Å². The van der Waals surface area contributed by atoms with E-state index in [4.69, 9.17) is 4.74 Å². The van der Waals surface area contributed by atoms with Crippen molar-refractivity contribution in [2.75, 3.05) is 11.9 Å². The number of ether oxygens (including phenoxy) is 1. The predicted molar refractivity (Wildman–Crippen MR) is 115 cm³/mol. The van der Waals surface area contributed by atoms with Gasteiger partial charge in [0.15, 0.2) is 17.5 Å². The molecule has 28 heavy (non-hydrogen) atoms. The van der Waals surface area contributed by atoms with Crippen molar-refractivity contribution in [1.82, 2.24) is 4.98 Å². The first-order valence-corrected chi connectivity index (χ1v) is 10.8. The predicted octanol–water partition coefficient (Wildman–Crippen LogP) is 5.93. The highest BCUT2D eigenvalue weighted by atomic mass is 32.1. The third-order valence-corrected chi connectivity index (χ3v) is 5.20. The molecule has 2 heterocycles. The first-order chi connectivity index (χ1) is 13.7. The zero-order chi connectivity index (χ0) is 19.6. The maximum absolute atomic E-state index is 11.4. The lowest BCUT2D eigenvalue weighted by Gasteiger charge is -2.08. The fraction of sp³-hybridized carbons (Fsp3) is 0.364. The second-order valence-corrected chi connectivity index (χ2v) is 7.61. The lowest BCUT2D eigenvalue weighted by molar-refractivity contribution is -0.604. The minimum atomic E-state index is 0.769. The number of hydrogen-bond donors (Lipinski definition) is 1. The molecular weight excluding hydrogens is 370 g/mol. The van der Waals surface area contributed by atoms with E-state index in [-0.39, 0.29) is 0 Å². The van der Waals surface area contributed by atoms with Gasteiger partial charge in [0.1, 0.15) is 5.75 Å². The summed E-state index contributed by atoms with van der Waals surface area (Å²) in [6, 6.07) is 11.5. The molecular formula is C22H27N3O2S. The SMILES string of the molecule is CCCCCCCCOc1ccc(Nc2nc(-c3ccc[n+]([O-])c3)cs2)cc1. The molecule has 0 aliphatic carbocycles. The summed E-state index contributed by atoms with van der Waals surface area (Å²) in [5.74, 6) is 0.892. The number of nitrogens with one attached hydrogen (secondary N) is 1. The van der Waals surface area contributed by atoms with Crippen LogP contribution in [0.4, 0.5) is 10.8 Å². The normalized spacial score (nSPS) is 10.8. The van der Waals surface area contributed by atoms with E-state index in [0.717, 1.165) is 45.6 Å². The van der Waals surface area contributed by atoms with Gasteiger partial charge in [-0.15, -0.1) is 11.3 Å². The monoisotopic (exact) mass is 397 g/mol. The van der Waals surface area contributed by atoms with E-state index < -0.39 is 0 Å². The lowest BCUT2D eigenvalue weighted by Crippen LogP contribution is -2.23. The van der Waals surface area contributed by atoms with Gasteiger partial charge in [0.2, 0.25) is 0 Å². The Morgan fingerprint density at radius 1 is 1.07 bits per heavy atom. The van der Waals surface area contributed by atoms with Gasteiger partial charge in [-0.25, -0.2) is 4.98 Å². The van der Waals surface area contributed by atoms with E-state index in [1.807, 2.05) is 35.7 Å². The minimum absolute atomic E-state index is 0.769. The maximum atomic E-state index is 11.4. The second kappa shape index (κ2) is 10.7. The highest BCUT2D eigenvalue weighted by Gasteiger charge is 2.07. The largest absolute Gasteiger partial charge is 0.619 e. The van der Waals surface area contributed by atoms with E-state index in [2.05, 4.69) is 17.2 Å². The van der Waals surface area contributed by atoms with Crippen LogP contribution < -0.4 is 14.8 Å². The number of rotatable bonds is 11. The number of pyridine rings is 1. The Labute approximate surface area is 170 Å². The van der Waals surface area contributed by atoms with Crippen molar-refractivity contribution in [2.45, 2.75) is 45.4 Å². The molecule has 0 saturated heterocycles. The molecule has 3 rings (SSSR count). The molecule has 0 fully saturated rings. The van der Waals surface area contributed by atoms with Crippen LogP contribution in [0.5, 0.6) is 5.75 Å². The van der Waals surface area contributed by atoms with Gasteiger partial charge in [-0.1, -0.05) is 39.0 Å². The molecule has 1 N–H and O–H groups in total. The number of benzene rings is 1. The van der Waals surface area contributed by atoms with Crippen molar-refractivity contribution >= 4 is 22.2 Å².